The van der Waals surface area contributed by atoms with Crippen LogP contribution in [0.1, 0.15) is 5.56 Å². The van der Waals surface area contributed by atoms with Crippen molar-refractivity contribution in [2.75, 3.05) is 12.4 Å². The molecule has 0 amide bonds. The second-order valence-corrected chi connectivity index (χ2v) is 4.01. The van der Waals surface area contributed by atoms with Gasteiger partial charge in [0, 0.05) is 18.8 Å². The quantitative estimate of drug-likeness (QED) is 0.920. The van der Waals surface area contributed by atoms with Gasteiger partial charge in [-0.25, -0.2) is 9.37 Å². The topological polar surface area (TPSA) is 34.2 Å². The first-order valence-electron chi connectivity index (χ1n) is 5.41. The van der Waals surface area contributed by atoms with Gasteiger partial charge in [-0.1, -0.05) is 23.7 Å². The highest BCUT2D eigenvalue weighted by molar-refractivity contribution is 6.30. The van der Waals surface area contributed by atoms with Crippen molar-refractivity contribution in [3.8, 4) is 5.75 Å². The standard InChI is InChI=1S/C13H12ClFN2O/c1-16-13-9(4-3-7-17-13)8-18-11-6-2-5-10(14)12(11)15/h2-7H,8H2,1H3,(H,16,17). The lowest BCUT2D eigenvalue weighted by molar-refractivity contribution is 0.290. The van der Waals surface area contributed by atoms with E-state index >= 15 is 0 Å². The predicted octanol–water partition coefficient (Wildman–Crippen LogP) is 3.49. The highest BCUT2D eigenvalue weighted by Gasteiger charge is 2.08. The van der Waals surface area contributed by atoms with Crippen LogP contribution >= 0.6 is 11.6 Å². The van der Waals surface area contributed by atoms with Crippen LogP contribution in [0.2, 0.25) is 5.02 Å². The average molecular weight is 267 g/mol. The number of hydrogen-bond donors (Lipinski definition) is 1. The first-order valence-corrected chi connectivity index (χ1v) is 5.78. The molecule has 1 N–H and O–H groups in total. The minimum Gasteiger partial charge on any atom is -0.486 e. The fourth-order valence-corrected chi connectivity index (χ4v) is 1.70. The number of halogens is 2. The van der Waals surface area contributed by atoms with Crippen LogP contribution < -0.4 is 10.1 Å². The third kappa shape index (κ3) is 2.71. The van der Waals surface area contributed by atoms with Crippen molar-refractivity contribution < 1.29 is 9.13 Å². The van der Waals surface area contributed by atoms with Crippen molar-refractivity contribution in [3.05, 3.63) is 52.9 Å². The summed E-state index contributed by atoms with van der Waals surface area (Å²) in [4.78, 5) is 4.14. The van der Waals surface area contributed by atoms with Gasteiger partial charge in [-0.05, 0) is 18.2 Å². The molecule has 0 saturated heterocycles. The number of nitrogens with zero attached hydrogens (tertiary/aromatic N) is 1. The van der Waals surface area contributed by atoms with E-state index < -0.39 is 5.82 Å². The van der Waals surface area contributed by atoms with Crippen molar-refractivity contribution in [3.63, 3.8) is 0 Å². The summed E-state index contributed by atoms with van der Waals surface area (Å²) in [5.41, 5.74) is 0.847. The molecule has 0 aliphatic carbocycles. The molecule has 0 spiro atoms. The maximum atomic E-state index is 13.6. The third-order valence-corrected chi connectivity index (χ3v) is 2.72. The Morgan fingerprint density at radius 3 is 2.94 bits per heavy atom. The Labute approximate surface area is 110 Å². The molecular formula is C13H12ClFN2O. The van der Waals surface area contributed by atoms with Crippen molar-refractivity contribution in [2.24, 2.45) is 0 Å². The molecule has 0 fully saturated rings. The van der Waals surface area contributed by atoms with E-state index in [1.165, 1.54) is 12.1 Å². The molecule has 0 aliphatic heterocycles. The Morgan fingerprint density at radius 1 is 1.33 bits per heavy atom. The molecule has 18 heavy (non-hydrogen) atoms. The summed E-state index contributed by atoms with van der Waals surface area (Å²) in [7, 11) is 1.77. The van der Waals surface area contributed by atoms with E-state index in [9.17, 15) is 4.39 Å². The van der Waals surface area contributed by atoms with E-state index in [0.717, 1.165) is 5.56 Å². The lowest BCUT2D eigenvalue weighted by Gasteiger charge is -2.10. The lowest BCUT2D eigenvalue weighted by atomic mass is 10.2. The largest absolute Gasteiger partial charge is 0.486 e. The number of anilines is 1. The van der Waals surface area contributed by atoms with Crippen molar-refractivity contribution in [1.29, 1.82) is 0 Å². The Balaban J connectivity index is 2.14. The number of pyridine rings is 1. The minimum atomic E-state index is -0.547. The van der Waals surface area contributed by atoms with Gasteiger partial charge >= 0.3 is 0 Å². The molecule has 0 saturated carbocycles. The average Bonchev–Trinajstić information content (AvgIpc) is 2.41. The molecule has 1 heterocycles. The zero-order valence-corrected chi connectivity index (χ0v) is 10.5. The number of aromatic nitrogens is 1. The van der Waals surface area contributed by atoms with Crippen LogP contribution in [-0.4, -0.2) is 12.0 Å². The summed E-state index contributed by atoms with van der Waals surface area (Å²) in [6, 6.07) is 8.32. The van der Waals surface area contributed by atoms with Gasteiger partial charge < -0.3 is 10.1 Å². The molecule has 1 aromatic heterocycles. The first kappa shape index (κ1) is 12.6. The van der Waals surface area contributed by atoms with Gasteiger partial charge in [0.05, 0.1) is 5.02 Å². The van der Waals surface area contributed by atoms with Crippen LogP contribution in [0.3, 0.4) is 0 Å². The molecule has 0 atom stereocenters. The third-order valence-electron chi connectivity index (χ3n) is 2.43. The van der Waals surface area contributed by atoms with Crippen LogP contribution in [0.15, 0.2) is 36.5 Å². The highest BCUT2D eigenvalue weighted by Crippen LogP contribution is 2.25. The Morgan fingerprint density at radius 2 is 2.17 bits per heavy atom. The zero-order valence-electron chi connectivity index (χ0n) is 9.78. The van der Waals surface area contributed by atoms with Crippen LogP contribution in [0.25, 0.3) is 0 Å². The molecule has 0 radical (unpaired) electrons. The number of rotatable bonds is 4. The summed E-state index contributed by atoms with van der Waals surface area (Å²) >= 11 is 5.67. The molecule has 2 rings (SSSR count). The number of nitrogens with one attached hydrogen (secondary N) is 1. The summed E-state index contributed by atoms with van der Waals surface area (Å²) in [5, 5.41) is 3.00. The lowest BCUT2D eigenvalue weighted by Crippen LogP contribution is -2.03. The molecule has 94 valence electrons. The van der Waals surface area contributed by atoms with Gasteiger partial charge in [-0.2, -0.15) is 0 Å². The van der Waals surface area contributed by atoms with Gasteiger partial charge in [0.2, 0.25) is 0 Å². The molecular weight excluding hydrogens is 255 g/mol. The zero-order chi connectivity index (χ0) is 13.0. The molecule has 0 bridgehead atoms. The molecule has 3 nitrogen and oxygen atoms in total. The van der Waals surface area contributed by atoms with Gasteiger partial charge in [0.15, 0.2) is 11.6 Å². The van der Waals surface area contributed by atoms with E-state index in [1.807, 2.05) is 6.07 Å². The second kappa shape index (κ2) is 5.69. The van der Waals surface area contributed by atoms with E-state index in [0.29, 0.717) is 5.82 Å². The molecule has 0 aliphatic rings. The predicted molar refractivity (Wildman–Crippen MR) is 69.5 cm³/mol. The van der Waals surface area contributed by atoms with Crippen molar-refractivity contribution in [2.45, 2.75) is 6.61 Å². The summed E-state index contributed by atoms with van der Waals surface area (Å²) < 4.78 is 19.0. The Kier molecular flexibility index (Phi) is 3.99. The highest BCUT2D eigenvalue weighted by atomic mass is 35.5. The van der Waals surface area contributed by atoms with E-state index in [-0.39, 0.29) is 17.4 Å². The van der Waals surface area contributed by atoms with Gasteiger partial charge in [0.1, 0.15) is 12.4 Å². The maximum Gasteiger partial charge on any atom is 0.183 e. The SMILES string of the molecule is CNc1ncccc1COc1cccc(Cl)c1F. The normalized spacial score (nSPS) is 10.2. The Hall–Kier alpha value is -1.81. The molecule has 2 aromatic rings. The maximum absolute atomic E-state index is 13.6. The first-order chi connectivity index (χ1) is 8.72. The van der Waals surface area contributed by atoms with Crippen LogP contribution in [0.5, 0.6) is 5.75 Å². The fraction of sp³-hybridized carbons (Fsp3) is 0.154. The van der Waals surface area contributed by atoms with E-state index in [2.05, 4.69) is 10.3 Å². The summed E-state index contributed by atoms with van der Waals surface area (Å²) in [6.45, 7) is 0.223. The molecule has 5 heteroatoms. The minimum absolute atomic E-state index is 0.0486. The van der Waals surface area contributed by atoms with Gasteiger partial charge in [-0.15, -0.1) is 0 Å². The van der Waals surface area contributed by atoms with Crippen molar-refractivity contribution in [1.82, 2.24) is 4.98 Å². The van der Waals surface area contributed by atoms with Crippen molar-refractivity contribution >= 4 is 17.4 Å². The molecule has 1 aromatic carbocycles. The number of hydrogen-bond acceptors (Lipinski definition) is 3. The smallest absolute Gasteiger partial charge is 0.183 e. The Bertz CT molecular complexity index is 548. The van der Waals surface area contributed by atoms with Crippen LogP contribution in [0, 0.1) is 5.82 Å². The molecule has 0 unspecified atom stereocenters. The van der Waals surface area contributed by atoms with E-state index in [1.54, 1.807) is 25.4 Å². The van der Waals surface area contributed by atoms with Crippen LogP contribution in [0.4, 0.5) is 10.2 Å². The van der Waals surface area contributed by atoms with Crippen LogP contribution in [-0.2, 0) is 6.61 Å². The monoisotopic (exact) mass is 266 g/mol. The number of benzene rings is 1. The second-order valence-electron chi connectivity index (χ2n) is 3.60. The summed E-state index contributed by atoms with van der Waals surface area (Å²) in [6.07, 6.45) is 1.68. The fourth-order valence-electron chi connectivity index (χ4n) is 1.53. The summed E-state index contributed by atoms with van der Waals surface area (Å²) in [5.74, 6) is 0.294. The van der Waals surface area contributed by atoms with Gasteiger partial charge in [0.25, 0.3) is 0 Å². The number of ether oxygens (including phenoxy) is 1. The van der Waals surface area contributed by atoms with E-state index in [4.69, 9.17) is 16.3 Å². The van der Waals surface area contributed by atoms with Gasteiger partial charge in [-0.3, -0.25) is 0 Å².